The Bertz CT molecular complexity index is 636. The molecule has 7 heteroatoms. The minimum atomic E-state index is -0.240. The average Bonchev–Trinajstić information content (AvgIpc) is 3.24. The van der Waals surface area contributed by atoms with Gasteiger partial charge in [-0.25, -0.2) is 4.98 Å². The molecule has 7 nitrogen and oxygen atoms in total. The van der Waals surface area contributed by atoms with Gasteiger partial charge in [-0.05, 0) is 12.1 Å². The molecule has 0 aliphatic carbocycles. The number of aryl methyl sites for hydroxylation is 1. The molecule has 2 aromatic rings. The SMILES string of the molecule is CC(C)c1n[nH]c([C@@H]2CN(C(=O)CCc3ccco3)CCO2)n1. The molecule has 23 heavy (non-hydrogen) atoms. The molecular formula is C16H22N4O3. The zero-order valence-corrected chi connectivity index (χ0v) is 13.5. The first-order valence-electron chi connectivity index (χ1n) is 7.97. The highest BCUT2D eigenvalue weighted by molar-refractivity contribution is 5.76. The lowest BCUT2D eigenvalue weighted by molar-refractivity contribution is -0.139. The second kappa shape index (κ2) is 6.95. The topological polar surface area (TPSA) is 84.2 Å². The first-order valence-corrected chi connectivity index (χ1v) is 7.97. The largest absolute Gasteiger partial charge is 0.469 e. The van der Waals surface area contributed by atoms with Crippen LogP contribution in [0.4, 0.5) is 0 Å². The van der Waals surface area contributed by atoms with E-state index in [2.05, 4.69) is 15.2 Å². The zero-order chi connectivity index (χ0) is 16.2. The Morgan fingerprint density at radius 2 is 2.39 bits per heavy atom. The van der Waals surface area contributed by atoms with Gasteiger partial charge in [-0.1, -0.05) is 13.8 Å². The van der Waals surface area contributed by atoms with Crippen LogP contribution in [0.15, 0.2) is 22.8 Å². The molecular weight excluding hydrogens is 296 g/mol. The van der Waals surface area contributed by atoms with E-state index in [0.717, 1.165) is 11.6 Å². The molecule has 0 unspecified atom stereocenters. The third-order valence-electron chi connectivity index (χ3n) is 3.93. The molecule has 1 amide bonds. The monoisotopic (exact) mass is 318 g/mol. The molecule has 1 aliphatic rings. The maximum absolute atomic E-state index is 12.4. The quantitative estimate of drug-likeness (QED) is 0.912. The number of hydrogen-bond donors (Lipinski definition) is 1. The first-order chi connectivity index (χ1) is 11.1. The lowest BCUT2D eigenvalue weighted by Crippen LogP contribution is -2.42. The van der Waals surface area contributed by atoms with Crippen LogP contribution in [0.3, 0.4) is 0 Å². The van der Waals surface area contributed by atoms with Crippen molar-refractivity contribution in [3.63, 3.8) is 0 Å². The summed E-state index contributed by atoms with van der Waals surface area (Å²) in [5.74, 6) is 2.66. The lowest BCUT2D eigenvalue weighted by atomic mass is 10.2. The van der Waals surface area contributed by atoms with Crippen LogP contribution in [0.5, 0.6) is 0 Å². The van der Waals surface area contributed by atoms with Crippen molar-refractivity contribution >= 4 is 5.91 Å². The van der Waals surface area contributed by atoms with Crippen molar-refractivity contribution in [1.29, 1.82) is 0 Å². The highest BCUT2D eigenvalue weighted by atomic mass is 16.5. The summed E-state index contributed by atoms with van der Waals surface area (Å²) in [5, 5.41) is 7.13. The molecule has 1 saturated heterocycles. The molecule has 3 heterocycles. The van der Waals surface area contributed by atoms with Gasteiger partial charge in [0, 0.05) is 25.3 Å². The molecule has 1 fully saturated rings. The van der Waals surface area contributed by atoms with Crippen LogP contribution in [-0.2, 0) is 16.0 Å². The number of aromatic amines is 1. The Labute approximate surface area is 135 Å². The minimum Gasteiger partial charge on any atom is -0.469 e. The van der Waals surface area contributed by atoms with Gasteiger partial charge in [0.2, 0.25) is 5.91 Å². The van der Waals surface area contributed by atoms with Gasteiger partial charge in [0.15, 0.2) is 11.6 Å². The van der Waals surface area contributed by atoms with Gasteiger partial charge in [0.1, 0.15) is 11.9 Å². The minimum absolute atomic E-state index is 0.110. The van der Waals surface area contributed by atoms with E-state index >= 15 is 0 Å². The standard InChI is InChI=1S/C16H22N4O3/c1-11(2)15-17-16(19-18-15)13-10-20(7-9-23-13)14(21)6-5-12-4-3-8-22-12/h3-4,8,11,13H,5-7,9-10H2,1-2H3,(H,17,18,19)/t13-/m0/s1. The Balaban J connectivity index is 1.57. The Kier molecular flexibility index (Phi) is 4.76. The van der Waals surface area contributed by atoms with Crippen molar-refractivity contribution in [3.8, 4) is 0 Å². The Morgan fingerprint density at radius 3 is 3.09 bits per heavy atom. The number of nitrogens with one attached hydrogen (secondary N) is 1. The Hall–Kier alpha value is -2.15. The number of carbonyl (C=O) groups excluding carboxylic acids is 1. The number of rotatable bonds is 5. The number of ether oxygens (including phenoxy) is 1. The van der Waals surface area contributed by atoms with E-state index in [9.17, 15) is 4.79 Å². The number of furan rings is 1. The first kappa shape index (κ1) is 15.7. The molecule has 1 N–H and O–H groups in total. The summed E-state index contributed by atoms with van der Waals surface area (Å²) in [7, 11) is 0. The number of H-pyrrole nitrogens is 1. The van der Waals surface area contributed by atoms with Gasteiger partial charge < -0.3 is 14.1 Å². The van der Waals surface area contributed by atoms with Gasteiger partial charge >= 0.3 is 0 Å². The maximum atomic E-state index is 12.4. The summed E-state index contributed by atoms with van der Waals surface area (Å²) in [5.41, 5.74) is 0. The summed E-state index contributed by atoms with van der Waals surface area (Å²) < 4.78 is 11.0. The van der Waals surface area contributed by atoms with Gasteiger partial charge in [-0.15, -0.1) is 0 Å². The number of hydrogen-bond acceptors (Lipinski definition) is 5. The third kappa shape index (κ3) is 3.79. The fourth-order valence-electron chi connectivity index (χ4n) is 2.57. The van der Waals surface area contributed by atoms with Crippen LogP contribution in [0.2, 0.25) is 0 Å². The van der Waals surface area contributed by atoms with Crippen molar-refractivity contribution in [1.82, 2.24) is 20.1 Å². The van der Waals surface area contributed by atoms with Crippen molar-refractivity contribution in [2.45, 2.75) is 38.7 Å². The molecule has 0 bridgehead atoms. The molecule has 1 aliphatic heterocycles. The van der Waals surface area contributed by atoms with Crippen molar-refractivity contribution in [2.75, 3.05) is 19.7 Å². The van der Waals surface area contributed by atoms with Gasteiger partial charge in [-0.3, -0.25) is 9.89 Å². The molecule has 2 aromatic heterocycles. The zero-order valence-electron chi connectivity index (χ0n) is 13.5. The van der Waals surface area contributed by atoms with Gasteiger partial charge in [-0.2, -0.15) is 5.10 Å². The van der Waals surface area contributed by atoms with Crippen LogP contribution in [0.25, 0.3) is 0 Å². The van der Waals surface area contributed by atoms with Crippen LogP contribution in [0, 0.1) is 0 Å². The van der Waals surface area contributed by atoms with E-state index in [1.807, 2.05) is 30.9 Å². The third-order valence-corrected chi connectivity index (χ3v) is 3.93. The van der Waals surface area contributed by atoms with E-state index < -0.39 is 0 Å². The predicted molar refractivity (Wildman–Crippen MR) is 82.8 cm³/mol. The van der Waals surface area contributed by atoms with Crippen molar-refractivity contribution in [2.24, 2.45) is 0 Å². The molecule has 0 spiro atoms. The molecule has 0 saturated carbocycles. The number of nitrogens with zero attached hydrogens (tertiary/aromatic N) is 3. The summed E-state index contributed by atoms with van der Waals surface area (Å²) in [6.45, 7) is 5.70. The number of amides is 1. The second-order valence-electron chi connectivity index (χ2n) is 6.01. The van der Waals surface area contributed by atoms with Crippen molar-refractivity contribution in [3.05, 3.63) is 35.8 Å². The van der Waals surface area contributed by atoms with Gasteiger partial charge in [0.25, 0.3) is 0 Å². The average molecular weight is 318 g/mol. The van der Waals surface area contributed by atoms with E-state index in [1.165, 1.54) is 0 Å². The second-order valence-corrected chi connectivity index (χ2v) is 6.01. The number of carbonyl (C=O) groups is 1. The van der Waals surface area contributed by atoms with E-state index in [1.54, 1.807) is 6.26 Å². The van der Waals surface area contributed by atoms with E-state index in [-0.39, 0.29) is 17.9 Å². The Morgan fingerprint density at radius 1 is 1.52 bits per heavy atom. The fraction of sp³-hybridized carbons (Fsp3) is 0.562. The van der Waals surface area contributed by atoms with Crippen molar-refractivity contribution < 1.29 is 13.9 Å². The molecule has 0 radical (unpaired) electrons. The van der Waals surface area contributed by atoms with E-state index in [0.29, 0.717) is 38.4 Å². The van der Waals surface area contributed by atoms with Crippen LogP contribution in [0.1, 0.15) is 49.7 Å². The number of morpholine rings is 1. The maximum Gasteiger partial charge on any atom is 0.223 e. The van der Waals surface area contributed by atoms with Gasteiger partial charge in [0.05, 0.1) is 19.4 Å². The smallest absolute Gasteiger partial charge is 0.223 e. The summed E-state index contributed by atoms with van der Waals surface area (Å²) in [6, 6.07) is 3.72. The predicted octanol–water partition coefficient (Wildman–Crippen LogP) is 2.05. The molecule has 124 valence electrons. The van der Waals surface area contributed by atoms with E-state index in [4.69, 9.17) is 9.15 Å². The highest BCUT2D eigenvalue weighted by Crippen LogP contribution is 2.21. The molecule has 3 rings (SSSR count). The summed E-state index contributed by atoms with van der Waals surface area (Å²) in [6.07, 6.45) is 2.44. The van der Waals surface area contributed by atoms with Crippen LogP contribution in [-0.4, -0.2) is 45.7 Å². The van der Waals surface area contributed by atoms with Crippen LogP contribution < -0.4 is 0 Å². The normalized spacial score (nSPS) is 18.6. The molecule has 0 aromatic carbocycles. The van der Waals surface area contributed by atoms with Crippen LogP contribution >= 0.6 is 0 Å². The fourth-order valence-corrected chi connectivity index (χ4v) is 2.57. The summed E-state index contributed by atoms with van der Waals surface area (Å²) >= 11 is 0. The lowest BCUT2D eigenvalue weighted by Gasteiger charge is -2.31. The highest BCUT2D eigenvalue weighted by Gasteiger charge is 2.27. The molecule has 1 atom stereocenters. The summed E-state index contributed by atoms with van der Waals surface area (Å²) in [4.78, 5) is 18.7. The number of aromatic nitrogens is 3.